The zero-order chi connectivity index (χ0) is 14.2. The number of allylic oxidation sites excluding steroid dienone is 1. The molecule has 0 fully saturated rings. The molecule has 0 aliphatic heterocycles. The van der Waals surface area contributed by atoms with Crippen molar-refractivity contribution in [1.29, 1.82) is 0 Å². The minimum atomic E-state index is 1.18. The quantitative estimate of drug-likeness (QED) is 0.462. The summed E-state index contributed by atoms with van der Waals surface area (Å²) in [6.07, 6.45) is 5.72. The summed E-state index contributed by atoms with van der Waals surface area (Å²) in [6, 6.07) is 22.3. The van der Waals surface area contributed by atoms with Crippen molar-refractivity contribution in [2.45, 2.75) is 33.1 Å². The molecular weight excluding hydrogens is 228 g/mol. The molecule has 2 rings (SSSR count). The molecule has 2 aromatic carbocycles. The normalized spacial score (nSPS) is 8.32. The van der Waals surface area contributed by atoms with E-state index >= 15 is 0 Å². The van der Waals surface area contributed by atoms with E-state index in [2.05, 4.69) is 32.6 Å². The van der Waals surface area contributed by atoms with Crippen molar-refractivity contribution in [3.63, 3.8) is 0 Å². The van der Waals surface area contributed by atoms with E-state index in [1.54, 1.807) is 0 Å². The topological polar surface area (TPSA) is 0 Å². The van der Waals surface area contributed by atoms with Gasteiger partial charge in [-0.25, -0.2) is 0 Å². The molecule has 19 heavy (non-hydrogen) atoms. The molecule has 0 aliphatic rings. The Morgan fingerprint density at radius 2 is 1.26 bits per heavy atom. The van der Waals surface area contributed by atoms with Crippen LogP contribution >= 0.6 is 0 Å². The number of hydrogen-bond donors (Lipinski definition) is 0. The first kappa shape index (κ1) is 17.2. The number of rotatable bonds is 3. The molecule has 102 valence electrons. The van der Waals surface area contributed by atoms with Crippen LogP contribution in [0.15, 0.2) is 79.4 Å². The van der Waals surface area contributed by atoms with Crippen molar-refractivity contribution < 1.29 is 0 Å². The van der Waals surface area contributed by atoms with Crippen molar-refractivity contribution in [3.8, 4) is 0 Å². The van der Waals surface area contributed by atoms with E-state index in [1.807, 2.05) is 60.7 Å². The molecule has 0 heterocycles. The molecule has 0 spiro atoms. The smallest absolute Gasteiger partial charge is 0.0354 e. The van der Waals surface area contributed by atoms with Crippen LogP contribution in [0.5, 0.6) is 0 Å². The lowest BCUT2D eigenvalue weighted by molar-refractivity contribution is 0.816. The molecule has 0 radical (unpaired) electrons. The summed E-state index contributed by atoms with van der Waals surface area (Å²) in [7, 11) is 0. The van der Waals surface area contributed by atoms with Crippen molar-refractivity contribution in [3.05, 3.63) is 84.9 Å². The minimum absolute atomic E-state index is 1.18. The zero-order valence-corrected chi connectivity index (χ0v) is 12.3. The molecule has 0 aliphatic carbocycles. The summed E-state index contributed by atoms with van der Waals surface area (Å²) < 4.78 is 0. The second kappa shape index (κ2) is 14.2. The van der Waals surface area contributed by atoms with Crippen LogP contribution in [-0.4, -0.2) is 0 Å². The van der Waals surface area contributed by atoms with Gasteiger partial charge in [0.2, 0.25) is 0 Å². The first-order chi connectivity index (χ1) is 9.31. The summed E-state index contributed by atoms with van der Waals surface area (Å²) in [6.45, 7) is 7.87. The number of aryl methyl sites for hydroxylation is 1. The predicted molar refractivity (Wildman–Crippen MR) is 87.3 cm³/mol. The second-order valence-corrected chi connectivity index (χ2v) is 4.24. The average molecular weight is 254 g/mol. The number of benzene rings is 2. The molecule has 0 unspecified atom stereocenters. The fourth-order valence-electron chi connectivity index (χ4n) is 1.27. The molecule has 0 N–H and O–H groups in total. The first-order valence-electron chi connectivity index (χ1n) is 6.93. The van der Waals surface area contributed by atoms with Crippen LogP contribution in [0.3, 0.4) is 0 Å². The lowest BCUT2D eigenvalue weighted by Crippen LogP contribution is -1.62. The molecule has 0 nitrogen and oxygen atoms in total. The summed E-state index contributed by atoms with van der Waals surface area (Å²) in [5.74, 6) is 0. The summed E-state index contributed by atoms with van der Waals surface area (Å²) >= 11 is 0. The highest BCUT2D eigenvalue weighted by Crippen LogP contribution is 1.92. The lowest BCUT2D eigenvalue weighted by Gasteiger charge is -1.82. The van der Waals surface area contributed by atoms with Gasteiger partial charge in [-0.2, -0.15) is 0 Å². The Hall–Kier alpha value is -1.82. The van der Waals surface area contributed by atoms with Gasteiger partial charge >= 0.3 is 0 Å². The molecule has 2 aromatic rings. The predicted octanol–water partition coefficient (Wildman–Crippen LogP) is 6.04. The van der Waals surface area contributed by atoms with Gasteiger partial charge in [-0.15, -0.1) is 6.58 Å². The minimum Gasteiger partial charge on any atom is -0.103 e. The standard InChI is InChI=1S/C7H8.C6H6.C6H12/c1-7-5-3-2-4-6-7;1-2-4-6-5-3-1;1-3-5-6-4-2/h2-6H,1H3;1-6H;3H,1,4-6H2,2H3. The number of unbranched alkanes of at least 4 members (excludes halogenated alkanes) is 2. The summed E-state index contributed by atoms with van der Waals surface area (Å²) in [4.78, 5) is 0. The Morgan fingerprint density at radius 1 is 0.842 bits per heavy atom. The SMILES string of the molecule is C=CCCCC.Cc1ccccc1.c1ccccc1. The molecular formula is C19H26. The van der Waals surface area contributed by atoms with E-state index in [0.29, 0.717) is 0 Å². The highest BCUT2D eigenvalue weighted by atomic mass is 13.8. The fraction of sp³-hybridized carbons (Fsp3) is 0.263. The van der Waals surface area contributed by atoms with Gasteiger partial charge in [0.1, 0.15) is 0 Å². The Morgan fingerprint density at radius 3 is 1.47 bits per heavy atom. The van der Waals surface area contributed by atoms with E-state index in [0.717, 1.165) is 0 Å². The van der Waals surface area contributed by atoms with Gasteiger partial charge in [0.05, 0.1) is 0 Å². The van der Waals surface area contributed by atoms with Crippen molar-refractivity contribution in [2.75, 3.05) is 0 Å². The highest BCUT2D eigenvalue weighted by Gasteiger charge is 1.72. The van der Waals surface area contributed by atoms with E-state index in [9.17, 15) is 0 Å². The Bertz CT molecular complexity index is 349. The third-order valence-corrected chi connectivity index (χ3v) is 2.37. The fourth-order valence-corrected chi connectivity index (χ4v) is 1.27. The Balaban J connectivity index is 0.000000257. The van der Waals surface area contributed by atoms with Crippen LogP contribution in [0.1, 0.15) is 31.7 Å². The monoisotopic (exact) mass is 254 g/mol. The molecule has 0 bridgehead atoms. The third kappa shape index (κ3) is 14.1. The molecule has 0 amide bonds. The van der Waals surface area contributed by atoms with E-state index in [4.69, 9.17) is 0 Å². The Labute approximate surface area is 118 Å². The van der Waals surface area contributed by atoms with Gasteiger partial charge < -0.3 is 0 Å². The van der Waals surface area contributed by atoms with Crippen molar-refractivity contribution >= 4 is 0 Å². The maximum Gasteiger partial charge on any atom is -0.0354 e. The molecule has 0 aromatic heterocycles. The lowest BCUT2D eigenvalue weighted by atomic mass is 10.2. The van der Waals surface area contributed by atoms with Crippen molar-refractivity contribution in [1.82, 2.24) is 0 Å². The first-order valence-corrected chi connectivity index (χ1v) is 6.93. The third-order valence-electron chi connectivity index (χ3n) is 2.37. The Kier molecular flexibility index (Phi) is 12.9. The summed E-state index contributed by atoms with van der Waals surface area (Å²) in [5, 5.41) is 0. The summed E-state index contributed by atoms with van der Waals surface area (Å²) in [5.41, 5.74) is 1.32. The molecule has 0 heteroatoms. The zero-order valence-electron chi connectivity index (χ0n) is 12.3. The van der Waals surface area contributed by atoms with Crippen LogP contribution in [0.2, 0.25) is 0 Å². The van der Waals surface area contributed by atoms with E-state index in [-0.39, 0.29) is 0 Å². The van der Waals surface area contributed by atoms with Crippen LogP contribution in [-0.2, 0) is 0 Å². The van der Waals surface area contributed by atoms with E-state index in [1.165, 1.54) is 24.8 Å². The van der Waals surface area contributed by atoms with Gasteiger partial charge in [-0.1, -0.05) is 98.1 Å². The maximum absolute atomic E-state index is 3.60. The number of hydrogen-bond acceptors (Lipinski definition) is 0. The van der Waals surface area contributed by atoms with Gasteiger partial charge in [0, 0.05) is 0 Å². The van der Waals surface area contributed by atoms with Crippen LogP contribution < -0.4 is 0 Å². The van der Waals surface area contributed by atoms with Crippen LogP contribution in [0, 0.1) is 6.92 Å². The largest absolute Gasteiger partial charge is 0.103 e. The van der Waals surface area contributed by atoms with Crippen molar-refractivity contribution in [2.24, 2.45) is 0 Å². The van der Waals surface area contributed by atoms with Gasteiger partial charge in [-0.05, 0) is 13.3 Å². The van der Waals surface area contributed by atoms with Gasteiger partial charge in [0.15, 0.2) is 0 Å². The molecule has 0 atom stereocenters. The average Bonchev–Trinajstić information content (AvgIpc) is 2.49. The molecule has 0 saturated carbocycles. The van der Waals surface area contributed by atoms with Gasteiger partial charge in [0.25, 0.3) is 0 Å². The van der Waals surface area contributed by atoms with Gasteiger partial charge in [-0.3, -0.25) is 0 Å². The highest BCUT2D eigenvalue weighted by molar-refractivity contribution is 5.11. The van der Waals surface area contributed by atoms with Crippen LogP contribution in [0.4, 0.5) is 0 Å². The van der Waals surface area contributed by atoms with E-state index < -0.39 is 0 Å². The van der Waals surface area contributed by atoms with Crippen LogP contribution in [0.25, 0.3) is 0 Å². The maximum atomic E-state index is 3.60. The second-order valence-electron chi connectivity index (χ2n) is 4.24. The molecule has 0 saturated heterocycles.